The quantitative estimate of drug-likeness (QED) is 0.101. The van der Waals surface area contributed by atoms with E-state index in [1.807, 2.05) is 103 Å². The molecule has 0 saturated heterocycles. The summed E-state index contributed by atoms with van der Waals surface area (Å²) in [5.74, 6) is 1.42. The van der Waals surface area contributed by atoms with Gasteiger partial charge in [-0.25, -0.2) is 4.98 Å². The Bertz CT molecular complexity index is 4120. The van der Waals surface area contributed by atoms with Gasteiger partial charge >= 0.3 is 0 Å². The molecule has 0 radical (unpaired) electrons. The zero-order valence-electron chi connectivity index (χ0n) is 45.2. The minimum absolute atomic E-state index is 0. The summed E-state index contributed by atoms with van der Waals surface area (Å²) >= 11 is 0. The van der Waals surface area contributed by atoms with Gasteiger partial charge in [-0.3, -0.25) is 4.57 Å². The van der Waals surface area contributed by atoms with Gasteiger partial charge in [0.05, 0.1) is 36.1 Å². The number of ether oxygens (including phenoxy) is 1. The predicted molar refractivity (Wildman–Crippen MR) is 266 cm³/mol. The smallest absolute Gasteiger partial charge is 0.268 e. The van der Waals surface area contributed by atoms with E-state index < -0.39 is 60.4 Å². The predicted octanol–water partition coefficient (Wildman–Crippen LogP) is 14.4. The Morgan fingerprint density at radius 1 is 0.537 bits per heavy atom. The van der Waals surface area contributed by atoms with Gasteiger partial charge < -0.3 is 18.8 Å². The number of imidazole rings is 1. The summed E-state index contributed by atoms with van der Waals surface area (Å²) in [6.07, 6.45) is 5.22. The molecule has 0 bridgehead atoms. The second-order valence-corrected chi connectivity index (χ2v) is 15.3. The van der Waals surface area contributed by atoms with Crippen molar-refractivity contribution >= 4 is 49.9 Å². The number of anilines is 3. The van der Waals surface area contributed by atoms with Gasteiger partial charge in [-0.2, -0.15) is 18.2 Å². The van der Waals surface area contributed by atoms with Gasteiger partial charge in [0, 0.05) is 61.7 Å². The molecule has 322 valence electrons. The summed E-state index contributed by atoms with van der Waals surface area (Å²) in [7, 11) is 0. The van der Waals surface area contributed by atoms with Gasteiger partial charge in [0.25, 0.3) is 6.33 Å². The van der Waals surface area contributed by atoms with E-state index in [0.717, 1.165) is 38.9 Å². The molecule has 0 N–H and O–H groups in total. The van der Waals surface area contributed by atoms with Crippen LogP contribution in [0.3, 0.4) is 0 Å². The van der Waals surface area contributed by atoms with Gasteiger partial charge in [0.1, 0.15) is 5.82 Å². The van der Waals surface area contributed by atoms with Crippen LogP contribution in [0.25, 0.3) is 72.3 Å². The average Bonchev–Trinajstić information content (AvgIpc) is 4.10. The zero-order chi connectivity index (χ0) is 52.5. The van der Waals surface area contributed by atoms with Crippen LogP contribution in [0.2, 0.25) is 0 Å². The molecule has 0 aliphatic heterocycles. The van der Waals surface area contributed by atoms with Crippen LogP contribution in [-0.2, 0) is 21.1 Å². The fourth-order valence-corrected chi connectivity index (χ4v) is 8.55. The number of pyridine rings is 1. The summed E-state index contributed by atoms with van der Waals surface area (Å²) in [5.41, 5.74) is 6.32. The molecule has 0 unspecified atom stereocenters. The molecule has 0 saturated carbocycles. The molecular weight excluding hydrogens is 1000 g/mol. The van der Waals surface area contributed by atoms with Crippen molar-refractivity contribution in [2.45, 2.75) is 0 Å². The van der Waals surface area contributed by atoms with Crippen LogP contribution in [0, 0.1) is 18.5 Å². The first-order chi connectivity index (χ1) is 36.9. The molecular formula is C60H39N5OPt-2. The third-order valence-corrected chi connectivity index (χ3v) is 11.4. The molecule has 67 heavy (non-hydrogen) atoms. The molecule has 7 heteroatoms. The van der Waals surface area contributed by atoms with E-state index in [4.69, 9.17) is 23.4 Å². The molecule has 0 aliphatic rings. The van der Waals surface area contributed by atoms with E-state index in [1.165, 1.54) is 0 Å². The van der Waals surface area contributed by atoms with Crippen molar-refractivity contribution in [2.75, 3.05) is 4.90 Å². The topological polar surface area (TPSA) is 39.1 Å². The summed E-state index contributed by atoms with van der Waals surface area (Å²) in [6.45, 7) is 0. The van der Waals surface area contributed by atoms with E-state index in [9.17, 15) is 0 Å². The van der Waals surface area contributed by atoms with Crippen molar-refractivity contribution in [1.29, 1.82) is 0 Å². The summed E-state index contributed by atoms with van der Waals surface area (Å²) < 4.78 is 99.2. The number of aromatic nitrogens is 4. The molecule has 0 atom stereocenters. The number of hydrogen-bond acceptors (Lipinski definition) is 3. The molecule has 12 aromatic rings. The summed E-state index contributed by atoms with van der Waals surface area (Å²) in [6, 6.07) is 55.5. The molecule has 9 aromatic carbocycles. The van der Waals surface area contributed by atoms with E-state index in [1.54, 1.807) is 39.5 Å². The summed E-state index contributed by atoms with van der Waals surface area (Å²) in [5, 5.41) is 1.95. The number of para-hydroxylation sites is 6. The summed E-state index contributed by atoms with van der Waals surface area (Å²) in [4.78, 5) is 7.11. The Hall–Kier alpha value is -8.31. The van der Waals surface area contributed by atoms with Crippen molar-refractivity contribution in [2.24, 2.45) is 0 Å². The minimum Gasteiger partial charge on any atom is -0.510 e. The van der Waals surface area contributed by atoms with Gasteiger partial charge in [-0.1, -0.05) is 163 Å². The Morgan fingerprint density at radius 2 is 1.15 bits per heavy atom. The van der Waals surface area contributed by atoms with E-state index in [-0.39, 0.29) is 49.0 Å². The van der Waals surface area contributed by atoms with Crippen LogP contribution in [0.5, 0.6) is 11.5 Å². The van der Waals surface area contributed by atoms with E-state index >= 15 is 0 Å². The molecule has 3 aromatic heterocycles. The fourth-order valence-electron chi connectivity index (χ4n) is 8.55. The Labute approximate surface area is 417 Å². The molecule has 12 rings (SSSR count). The van der Waals surface area contributed by atoms with Crippen molar-refractivity contribution in [1.82, 2.24) is 14.1 Å². The third kappa shape index (κ3) is 7.67. The van der Waals surface area contributed by atoms with Crippen LogP contribution in [0.1, 0.15) is 13.7 Å². The molecule has 0 fully saturated rings. The average molecular weight is 1050 g/mol. The van der Waals surface area contributed by atoms with Crippen LogP contribution in [0.4, 0.5) is 17.1 Å². The van der Waals surface area contributed by atoms with Gasteiger partial charge in [0.15, 0.2) is 0 Å². The van der Waals surface area contributed by atoms with Crippen molar-refractivity contribution in [3.63, 3.8) is 0 Å². The van der Waals surface area contributed by atoms with Crippen LogP contribution >= 0.6 is 0 Å². The first-order valence-electron chi connectivity index (χ1n) is 26.1. The molecule has 0 amide bonds. The first kappa shape index (κ1) is 31.5. The van der Waals surface area contributed by atoms with Crippen LogP contribution in [0.15, 0.2) is 236 Å². The normalized spacial score (nSPS) is 13.3. The maximum atomic E-state index is 9.03. The number of benzene rings is 9. The van der Waals surface area contributed by atoms with Gasteiger partial charge in [0.2, 0.25) is 0 Å². The third-order valence-electron chi connectivity index (χ3n) is 11.4. The fraction of sp³-hybridized carbons (Fsp3) is 0. The number of nitrogens with zero attached hydrogens (tertiary/aromatic N) is 5. The zero-order valence-corrected chi connectivity index (χ0v) is 37.5. The Balaban J connectivity index is 0.00000631. The standard InChI is InChI=1S/C60H39N5O.Pt/c1-5-19-43(20-6-1)51-30-18-31-52(44-21-7-2-8-22-44)60(51)63-42-62(56-33-15-16-34-57(56)63)47-27-17-28-49(39-47)66-50-35-36-54-53-29-13-14-32-55(53)65(58(54)41-50)59-40-48(37-38-61-59)64(45-23-9-3-10-24-45)46-25-11-4-12-26-46;/h1-38,40H;/q-2;/i1D,2D,5D,6D,7D,8D,19D,20D,21D,22D;. The molecule has 3 heterocycles. The minimum atomic E-state index is -0.577. The monoisotopic (exact) mass is 1050 g/mol. The molecule has 6 nitrogen and oxygen atoms in total. The first-order valence-corrected chi connectivity index (χ1v) is 21.1. The Morgan fingerprint density at radius 3 is 1.85 bits per heavy atom. The number of rotatable bonds is 10. The van der Waals surface area contributed by atoms with Crippen molar-refractivity contribution in [3.8, 4) is 50.9 Å². The SMILES string of the molecule is [2H]c1c([2H])c([2H])c(-c2cccc(-c3c([2H])c([2H])c([2H])c([2H])c3[2H])c2-[n+]2[c-]n(-c3[c-]c(Oc4[c-]c5c(cc4)c4ccccc4n5-c4cc(N(c5ccccc5)c5ccccc5)ccn4)ccc3)c3ccccc32)c([2H])c1[2H].[Pt]. The number of hydrogen-bond donors (Lipinski definition) is 0. The maximum absolute atomic E-state index is 9.03. The van der Waals surface area contributed by atoms with Gasteiger partial charge in [-0.15, -0.1) is 29.7 Å². The van der Waals surface area contributed by atoms with Crippen LogP contribution < -0.4 is 14.2 Å². The van der Waals surface area contributed by atoms with Gasteiger partial charge in [-0.05, 0) is 69.7 Å². The van der Waals surface area contributed by atoms with Crippen molar-refractivity contribution < 1.29 is 44.1 Å². The Kier molecular flexibility index (Phi) is 8.44. The number of fused-ring (bicyclic) bond motifs is 4. The van der Waals surface area contributed by atoms with Crippen molar-refractivity contribution in [3.05, 3.63) is 255 Å². The second-order valence-electron chi connectivity index (χ2n) is 15.3. The van der Waals surface area contributed by atoms with E-state index in [0.29, 0.717) is 34.0 Å². The van der Waals surface area contributed by atoms with E-state index in [2.05, 4.69) is 70.4 Å². The maximum Gasteiger partial charge on any atom is 0.268 e. The molecule has 0 aliphatic carbocycles. The molecule has 0 spiro atoms. The van der Waals surface area contributed by atoms with Crippen LogP contribution in [-0.4, -0.2) is 14.1 Å². The second kappa shape index (κ2) is 17.9. The largest absolute Gasteiger partial charge is 0.510 e.